The van der Waals surface area contributed by atoms with Crippen molar-refractivity contribution < 1.29 is 9.47 Å². The zero-order chi connectivity index (χ0) is 15.8. The number of nitrogens with two attached hydrogens (primary N) is 1. The molecule has 1 aromatic rings. The van der Waals surface area contributed by atoms with Gasteiger partial charge in [-0.2, -0.15) is 0 Å². The molecular formula is C16H26N4O2. The summed E-state index contributed by atoms with van der Waals surface area (Å²) in [6.45, 7) is 6.76. The van der Waals surface area contributed by atoms with Gasteiger partial charge in [0, 0.05) is 19.6 Å². The number of hydrogen-bond acceptors (Lipinski definition) is 4. The second-order valence-electron chi connectivity index (χ2n) is 5.19. The van der Waals surface area contributed by atoms with Crippen LogP contribution in [0.25, 0.3) is 0 Å². The summed E-state index contributed by atoms with van der Waals surface area (Å²) in [5.41, 5.74) is 7.08. The molecule has 6 heteroatoms. The molecule has 2 rings (SSSR count). The van der Waals surface area contributed by atoms with E-state index in [1.165, 1.54) is 5.56 Å². The van der Waals surface area contributed by atoms with Gasteiger partial charge in [-0.25, -0.2) is 0 Å². The van der Waals surface area contributed by atoms with Crippen LogP contribution in [0.5, 0.6) is 5.75 Å². The Morgan fingerprint density at radius 1 is 1.36 bits per heavy atom. The number of morpholine rings is 1. The third-order valence-electron chi connectivity index (χ3n) is 3.78. The quantitative estimate of drug-likeness (QED) is 0.606. The number of benzene rings is 1. The topological polar surface area (TPSA) is 72.1 Å². The Bertz CT molecular complexity index is 470. The molecule has 0 bridgehead atoms. The summed E-state index contributed by atoms with van der Waals surface area (Å²) in [7, 11) is 1.68. The van der Waals surface area contributed by atoms with Crippen molar-refractivity contribution in [2.24, 2.45) is 10.7 Å². The van der Waals surface area contributed by atoms with E-state index in [-0.39, 0.29) is 6.04 Å². The molecule has 0 saturated carbocycles. The maximum absolute atomic E-state index is 5.86. The van der Waals surface area contributed by atoms with Crippen molar-refractivity contribution in [3.05, 3.63) is 29.8 Å². The van der Waals surface area contributed by atoms with E-state index in [1.54, 1.807) is 7.11 Å². The van der Waals surface area contributed by atoms with Crippen LogP contribution < -0.4 is 15.8 Å². The highest BCUT2D eigenvalue weighted by Crippen LogP contribution is 2.24. The lowest BCUT2D eigenvalue weighted by Crippen LogP contribution is -2.41. The number of methoxy groups -OCH3 is 1. The molecule has 1 unspecified atom stereocenters. The van der Waals surface area contributed by atoms with Crippen molar-refractivity contribution in [2.75, 3.05) is 46.5 Å². The second kappa shape index (κ2) is 8.60. The Morgan fingerprint density at radius 2 is 2.05 bits per heavy atom. The largest absolute Gasteiger partial charge is 0.497 e. The fourth-order valence-electron chi connectivity index (χ4n) is 2.57. The first-order valence-corrected chi connectivity index (χ1v) is 7.74. The average molecular weight is 306 g/mol. The third-order valence-corrected chi connectivity index (χ3v) is 3.78. The van der Waals surface area contributed by atoms with Crippen LogP contribution in [-0.4, -0.2) is 57.4 Å². The molecule has 1 aromatic carbocycles. The van der Waals surface area contributed by atoms with Gasteiger partial charge in [0.1, 0.15) is 5.75 Å². The molecule has 3 N–H and O–H groups in total. The van der Waals surface area contributed by atoms with E-state index >= 15 is 0 Å². The van der Waals surface area contributed by atoms with Crippen molar-refractivity contribution in [2.45, 2.75) is 13.0 Å². The lowest BCUT2D eigenvalue weighted by molar-refractivity contribution is 0.0180. The van der Waals surface area contributed by atoms with Gasteiger partial charge >= 0.3 is 0 Å². The fraction of sp³-hybridized carbons (Fsp3) is 0.562. The van der Waals surface area contributed by atoms with Gasteiger partial charge in [0.25, 0.3) is 0 Å². The van der Waals surface area contributed by atoms with Crippen molar-refractivity contribution in [3.8, 4) is 5.75 Å². The van der Waals surface area contributed by atoms with E-state index in [0.29, 0.717) is 12.5 Å². The normalized spacial score (nSPS) is 18.0. The molecule has 122 valence electrons. The highest BCUT2D eigenvalue weighted by atomic mass is 16.5. The smallest absolute Gasteiger partial charge is 0.188 e. The van der Waals surface area contributed by atoms with E-state index in [2.05, 4.69) is 27.3 Å². The van der Waals surface area contributed by atoms with Crippen LogP contribution in [0.3, 0.4) is 0 Å². The molecular weight excluding hydrogens is 280 g/mol. The number of aliphatic imine (C=N–C) groups is 1. The number of nitrogens with zero attached hydrogens (tertiary/aromatic N) is 2. The van der Waals surface area contributed by atoms with Gasteiger partial charge in [-0.05, 0) is 24.6 Å². The Hall–Kier alpha value is -1.79. The van der Waals surface area contributed by atoms with Crippen molar-refractivity contribution >= 4 is 5.96 Å². The summed E-state index contributed by atoms with van der Waals surface area (Å²) < 4.78 is 10.7. The van der Waals surface area contributed by atoms with Crippen LogP contribution in [0.1, 0.15) is 18.5 Å². The monoisotopic (exact) mass is 306 g/mol. The Labute approximate surface area is 132 Å². The Morgan fingerprint density at radius 3 is 2.64 bits per heavy atom. The van der Waals surface area contributed by atoms with Gasteiger partial charge in [-0.1, -0.05) is 12.1 Å². The van der Waals surface area contributed by atoms with Gasteiger partial charge in [0.05, 0.1) is 32.9 Å². The number of ether oxygens (including phenoxy) is 2. The minimum absolute atomic E-state index is 0.201. The Kier molecular flexibility index (Phi) is 6.48. The third kappa shape index (κ3) is 4.61. The van der Waals surface area contributed by atoms with Crippen molar-refractivity contribution in [1.82, 2.24) is 10.2 Å². The lowest BCUT2D eigenvalue weighted by Gasteiger charge is -2.34. The number of rotatable bonds is 6. The number of hydrogen-bond donors (Lipinski definition) is 2. The molecule has 0 amide bonds. The first-order valence-electron chi connectivity index (χ1n) is 7.74. The summed E-state index contributed by atoms with van der Waals surface area (Å²) in [6, 6.07) is 8.36. The van der Waals surface area contributed by atoms with Gasteiger partial charge in [0.15, 0.2) is 5.96 Å². The van der Waals surface area contributed by atoms with Gasteiger partial charge in [0.2, 0.25) is 0 Å². The molecule has 1 atom stereocenters. The van der Waals surface area contributed by atoms with E-state index in [4.69, 9.17) is 15.2 Å². The minimum atomic E-state index is 0.201. The molecule has 0 aliphatic carbocycles. The number of nitrogens with one attached hydrogen (secondary N) is 1. The van der Waals surface area contributed by atoms with E-state index in [9.17, 15) is 0 Å². The molecule has 1 fully saturated rings. The number of guanidine groups is 1. The van der Waals surface area contributed by atoms with Crippen LogP contribution in [-0.2, 0) is 4.74 Å². The fourth-order valence-corrected chi connectivity index (χ4v) is 2.57. The van der Waals surface area contributed by atoms with Crippen LogP contribution in [0, 0.1) is 0 Å². The minimum Gasteiger partial charge on any atom is -0.497 e. The maximum Gasteiger partial charge on any atom is 0.188 e. The van der Waals surface area contributed by atoms with Crippen LogP contribution >= 0.6 is 0 Å². The highest BCUT2D eigenvalue weighted by Gasteiger charge is 2.22. The van der Waals surface area contributed by atoms with E-state index in [1.807, 2.05) is 19.1 Å². The summed E-state index contributed by atoms with van der Waals surface area (Å²) >= 11 is 0. The average Bonchev–Trinajstić information content (AvgIpc) is 2.57. The molecule has 22 heavy (non-hydrogen) atoms. The molecule has 1 heterocycles. The maximum atomic E-state index is 5.86. The second-order valence-corrected chi connectivity index (χ2v) is 5.19. The van der Waals surface area contributed by atoms with E-state index < -0.39 is 0 Å². The van der Waals surface area contributed by atoms with Gasteiger partial charge in [-0.15, -0.1) is 0 Å². The molecule has 1 saturated heterocycles. The molecule has 1 aliphatic heterocycles. The Balaban J connectivity index is 2.13. The summed E-state index contributed by atoms with van der Waals surface area (Å²) in [6.07, 6.45) is 0. The van der Waals surface area contributed by atoms with Crippen LogP contribution in [0.15, 0.2) is 29.3 Å². The zero-order valence-corrected chi connectivity index (χ0v) is 13.4. The van der Waals surface area contributed by atoms with E-state index in [0.717, 1.165) is 38.6 Å². The van der Waals surface area contributed by atoms with Crippen LogP contribution in [0.4, 0.5) is 0 Å². The summed E-state index contributed by atoms with van der Waals surface area (Å²) in [5, 5.41) is 3.04. The zero-order valence-electron chi connectivity index (χ0n) is 13.4. The van der Waals surface area contributed by atoms with Crippen LogP contribution in [0.2, 0.25) is 0 Å². The summed E-state index contributed by atoms with van der Waals surface area (Å²) in [5.74, 6) is 1.36. The SMILES string of the molecule is CCNC(N)=NCC(c1ccc(OC)cc1)N1CCOCC1. The standard InChI is InChI=1S/C16H26N4O2/c1-3-18-16(17)19-12-15(20-8-10-22-11-9-20)13-4-6-14(21-2)7-5-13/h4-7,15H,3,8-12H2,1-2H3,(H3,17,18,19). The lowest BCUT2D eigenvalue weighted by atomic mass is 10.0. The van der Waals surface area contributed by atoms with Gasteiger partial charge in [-0.3, -0.25) is 9.89 Å². The summed E-state index contributed by atoms with van der Waals surface area (Å²) in [4.78, 5) is 6.87. The van der Waals surface area contributed by atoms with Crippen molar-refractivity contribution in [3.63, 3.8) is 0 Å². The predicted molar refractivity (Wildman–Crippen MR) is 88.3 cm³/mol. The highest BCUT2D eigenvalue weighted by molar-refractivity contribution is 5.77. The molecule has 0 aromatic heterocycles. The first kappa shape index (κ1) is 16.6. The van der Waals surface area contributed by atoms with Crippen molar-refractivity contribution in [1.29, 1.82) is 0 Å². The molecule has 0 radical (unpaired) electrons. The predicted octanol–water partition coefficient (Wildman–Crippen LogP) is 0.993. The first-order chi connectivity index (χ1) is 10.7. The molecule has 6 nitrogen and oxygen atoms in total. The van der Waals surface area contributed by atoms with Gasteiger partial charge < -0.3 is 20.5 Å². The molecule has 0 spiro atoms. The molecule has 1 aliphatic rings.